The fraction of sp³-hybridized carbons (Fsp3) is 0.583. The minimum Gasteiger partial charge on any atom is -0.495 e. The van der Waals surface area contributed by atoms with E-state index in [9.17, 15) is 4.79 Å². The van der Waals surface area contributed by atoms with Crippen molar-refractivity contribution in [2.45, 2.75) is 18.1 Å². The first-order chi connectivity index (χ1) is 8.56. The Kier molecular flexibility index (Phi) is 8.87. The van der Waals surface area contributed by atoms with Crippen LogP contribution in [0, 0.1) is 6.92 Å². The molecule has 0 aliphatic rings. The third-order valence-electron chi connectivity index (χ3n) is 1.98. The molecule has 0 bridgehead atoms. The van der Waals surface area contributed by atoms with E-state index >= 15 is 0 Å². The highest BCUT2D eigenvalue weighted by Crippen LogP contribution is 2.39. The molecule has 0 atom stereocenters. The number of amides is 1. The molecule has 0 aromatic carbocycles. The van der Waals surface area contributed by atoms with Crippen molar-refractivity contribution in [2.24, 2.45) is 0 Å². The van der Waals surface area contributed by atoms with E-state index in [4.69, 9.17) is 4.74 Å². The standard InChI is InChI=1S/C10H15NO2S2.C2H7N/c1-5-11-9(12)8-7(13-3)6(2)10(14-4)15-8;1-3-2/h5H2,1-4H3,(H,11,12);3H,1-2H3. The summed E-state index contributed by atoms with van der Waals surface area (Å²) in [4.78, 5) is 12.4. The summed E-state index contributed by atoms with van der Waals surface area (Å²) in [5, 5.41) is 5.53. The minimum atomic E-state index is -0.0530. The van der Waals surface area contributed by atoms with E-state index in [-0.39, 0.29) is 5.91 Å². The molecule has 0 aliphatic heterocycles. The molecule has 0 saturated heterocycles. The summed E-state index contributed by atoms with van der Waals surface area (Å²) in [6.45, 7) is 4.51. The highest BCUT2D eigenvalue weighted by Gasteiger charge is 2.20. The van der Waals surface area contributed by atoms with Gasteiger partial charge in [0.2, 0.25) is 0 Å². The van der Waals surface area contributed by atoms with Crippen molar-refractivity contribution in [3.63, 3.8) is 0 Å². The topological polar surface area (TPSA) is 50.4 Å². The van der Waals surface area contributed by atoms with Crippen molar-refractivity contribution in [2.75, 3.05) is 34.0 Å². The molecular weight excluding hydrogens is 268 g/mol. The Labute approximate surface area is 117 Å². The lowest BCUT2D eigenvalue weighted by Crippen LogP contribution is -2.22. The molecule has 1 rings (SSSR count). The van der Waals surface area contributed by atoms with Crippen LogP contribution in [-0.4, -0.2) is 39.9 Å². The van der Waals surface area contributed by atoms with E-state index in [2.05, 4.69) is 10.6 Å². The van der Waals surface area contributed by atoms with Crippen LogP contribution >= 0.6 is 23.1 Å². The van der Waals surface area contributed by atoms with Crippen LogP contribution in [0.2, 0.25) is 0 Å². The quantitative estimate of drug-likeness (QED) is 0.836. The average Bonchev–Trinajstić information content (AvgIpc) is 2.67. The van der Waals surface area contributed by atoms with Crippen molar-refractivity contribution in [3.8, 4) is 5.75 Å². The summed E-state index contributed by atoms with van der Waals surface area (Å²) >= 11 is 3.12. The Bertz CT molecular complexity index is 378. The molecule has 18 heavy (non-hydrogen) atoms. The van der Waals surface area contributed by atoms with Crippen LogP contribution in [0.5, 0.6) is 5.75 Å². The monoisotopic (exact) mass is 290 g/mol. The molecule has 1 aromatic heterocycles. The van der Waals surface area contributed by atoms with E-state index in [1.807, 2.05) is 34.2 Å². The van der Waals surface area contributed by atoms with E-state index in [0.717, 1.165) is 9.77 Å². The molecule has 1 aromatic rings. The maximum absolute atomic E-state index is 11.7. The molecule has 2 N–H and O–H groups in total. The van der Waals surface area contributed by atoms with Gasteiger partial charge in [-0.3, -0.25) is 4.79 Å². The summed E-state index contributed by atoms with van der Waals surface area (Å²) in [5.41, 5.74) is 1.05. The normalized spacial score (nSPS) is 9.44. The minimum absolute atomic E-state index is 0.0530. The van der Waals surface area contributed by atoms with E-state index in [0.29, 0.717) is 17.2 Å². The molecule has 1 heterocycles. The number of methoxy groups -OCH3 is 1. The molecule has 4 nitrogen and oxygen atoms in total. The number of thioether (sulfide) groups is 1. The van der Waals surface area contributed by atoms with Crippen molar-refractivity contribution in [1.82, 2.24) is 10.6 Å². The first-order valence-corrected chi connectivity index (χ1v) is 7.69. The van der Waals surface area contributed by atoms with Gasteiger partial charge in [0, 0.05) is 12.1 Å². The first kappa shape index (κ1) is 17.3. The maximum atomic E-state index is 11.7. The molecule has 0 fully saturated rings. The molecule has 0 saturated carbocycles. The third kappa shape index (κ3) is 4.51. The zero-order valence-corrected chi connectivity index (χ0v) is 13.5. The number of carbonyl (C=O) groups excluding carboxylic acids is 1. The molecule has 0 unspecified atom stereocenters. The lowest BCUT2D eigenvalue weighted by atomic mass is 10.3. The van der Waals surface area contributed by atoms with Crippen LogP contribution in [0.15, 0.2) is 4.21 Å². The van der Waals surface area contributed by atoms with Gasteiger partial charge in [-0.1, -0.05) is 0 Å². The van der Waals surface area contributed by atoms with Crippen molar-refractivity contribution in [3.05, 3.63) is 10.4 Å². The second-order valence-corrected chi connectivity index (χ2v) is 5.54. The lowest BCUT2D eigenvalue weighted by Gasteiger charge is -2.03. The summed E-state index contributed by atoms with van der Waals surface area (Å²) in [6.07, 6.45) is 2.00. The molecule has 6 heteroatoms. The number of ether oxygens (including phenoxy) is 1. The van der Waals surface area contributed by atoms with Gasteiger partial charge >= 0.3 is 0 Å². The predicted molar refractivity (Wildman–Crippen MR) is 80.4 cm³/mol. The van der Waals surface area contributed by atoms with Crippen molar-refractivity contribution in [1.29, 1.82) is 0 Å². The van der Waals surface area contributed by atoms with E-state index in [1.165, 1.54) is 11.3 Å². The second kappa shape index (κ2) is 9.24. The van der Waals surface area contributed by atoms with Crippen molar-refractivity contribution < 1.29 is 9.53 Å². The highest BCUT2D eigenvalue weighted by molar-refractivity contribution is 8.00. The lowest BCUT2D eigenvalue weighted by molar-refractivity contribution is 0.0957. The van der Waals surface area contributed by atoms with Crippen LogP contribution in [0.3, 0.4) is 0 Å². The number of hydrogen-bond donors (Lipinski definition) is 2. The van der Waals surface area contributed by atoms with Crippen LogP contribution in [0.25, 0.3) is 0 Å². The van der Waals surface area contributed by atoms with Gasteiger partial charge < -0.3 is 15.4 Å². The summed E-state index contributed by atoms with van der Waals surface area (Å²) < 4.78 is 6.39. The predicted octanol–water partition coefficient (Wildman–Crippen LogP) is 2.37. The fourth-order valence-electron chi connectivity index (χ4n) is 1.31. The first-order valence-electron chi connectivity index (χ1n) is 5.65. The average molecular weight is 290 g/mol. The molecule has 0 aliphatic carbocycles. The smallest absolute Gasteiger partial charge is 0.265 e. The van der Waals surface area contributed by atoms with Gasteiger partial charge in [-0.05, 0) is 34.2 Å². The molecule has 1 amide bonds. The van der Waals surface area contributed by atoms with Gasteiger partial charge in [0.05, 0.1) is 11.3 Å². The van der Waals surface area contributed by atoms with Gasteiger partial charge in [-0.2, -0.15) is 0 Å². The Hall–Kier alpha value is -0.720. The van der Waals surface area contributed by atoms with Crippen molar-refractivity contribution >= 4 is 29.0 Å². The van der Waals surface area contributed by atoms with E-state index in [1.54, 1.807) is 18.9 Å². The van der Waals surface area contributed by atoms with Gasteiger partial charge in [-0.25, -0.2) is 0 Å². The van der Waals surface area contributed by atoms with Gasteiger partial charge in [0.1, 0.15) is 10.6 Å². The number of rotatable bonds is 4. The van der Waals surface area contributed by atoms with Crippen LogP contribution in [0.1, 0.15) is 22.2 Å². The van der Waals surface area contributed by atoms with Crippen LogP contribution in [0.4, 0.5) is 0 Å². The largest absolute Gasteiger partial charge is 0.495 e. The number of carbonyl (C=O) groups is 1. The van der Waals surface area contributed by atoms with Gasteiger partial charge in [-0.15, -0.1) is 23.1 Å². The third-order valence-corrected chi connectivity index (χ3v) is 4.47. The number of nitrogens with one attached hydrogen (secondary N) is 2. The maximum Gasteiger partial charge on any atom is 0.265 e. The summed E-state index contributed by atoms with van der Waals surface area (Å²) in [6, 6.07) is 0. The molecule has 104 valence electrons. The summed E-state index contributed by atoms with van der Waals surface area (Å²) in [7, 11) is 5.35. The number of thiophene rings is 1. The zero-order chi connectivity index (χ0) is 14.1. The SMILES string of the molecule is CCNC(=O)c1sc(SC)c(C)c1OC.CNC. The summed E-state index contributed by atoms with van der Waals surface area (Å²) in [5.74, 6) is 0.651. The zero-order valence-electron chi connectivity index (χ0n) is 11.8. The van der Waals surface area contributed by atoms with Crippen LogP contribution in [-0.2, 0) is 0 Å². The molecule has 0 spiro atoms. The fourth-order valence-corrected chi connectivity index (χ4v) is 3.22. The second-order valence-electron chi connectivity index (χ2n) is 3.44. The van der Waals surface area contributed by atoms with Crippen LogP contribution < -0.4 is 15.4 Å². The molecule has 0 radical (unpaired) electrons. The Morgan fingerprint density at radius 2 is 2.00 bits per heavy atom. The number of hydrogen-bond acceptors (Lipinski definition) is 5. The van der Waals surface area contributed by atoms with Gasteiger partial charge in [0.15, 0.2) is 0 Å². The highest BCUT2D eigenvalue weighted by atomic mass is 32.2. The Morgan fingerprint density at radius 1 is 1.44 bits per heavy atom. The van der Waals surface area contributed by atoms with Gasteiger partial charge in [0.25, 0.3) is 5.91 Å². The van der Waals surface area contributed by atoms with E-state index < -0.39 is 0 Å². The Balaban J connectivity index is 0.000000873. The Morgan fingerprint density at radius 3 is 2.39 bits per heavy atom. The molecular formula is C12H22N2O2S2.